The summed E-state index contributed by atoms with van der Waals surface area (Å²) in [4.78, 5) is 0. The van der Waals surface area contributed by atoms with Gasteiger partial charge in [-0.3, -0.25) is 0 Å². The Hall–Kier alpha value is 0.310. The summed E-state index contributed by atoms with van der Waals surface area (Å²) in [6, 6.07) is 0.437. The summed E-state index contributed by atoms with van der Waals surface area (Å²) >= 11 is 1.95. The van der Waals surface area contributed by atoms with E-state index in [9.17, 15) is 0 Å². The lowest BCUT2D eigenvalue weighted by atomic mass is 10.1. The Kier molecular flexibility index (Phi) is 9.64. The Morgan fingerprint density at radius 3 is 2.50 bits per heavy atom. The lowest BCUT2D eigenvalue weighted by Crippen LogP contribution is -2.22. The fraction of sp³-hybridized carbons (Fsp3) is 1.00. The fourth-order valence-electron chi connectivity index (χ4n) is 1.19. The molecule has 0 bridgehead atoms. The maximum absolute atomic E-state index is 5.92. The Labute approximate surface area is 81.5 Å². The topological polar surface area (TPSA) is 26.0 Å². The number of rotatable bonds is 8. The van der Waals surface area contributed by atoms with Crippen LogP contribution in [0.1, 0.15) is 46.0 Å². The highest BCUT2D eigenvalue weighted by Crippen LogP contribution is 2.08. The molecule has 0 aromatic rings. The summed E-state index contributed by atoms with van der Waals surface area (Å²) in [5.41, 5.74) is 5.92. The van der Waals surface area contributed by atoms with Gasteiger partial charge in [-0.15, -0.1) is 0 Å². The first kappa shape index (κ1) is 12.3. The van der Waals surface area contributed by atoms with Crippen molar-refractivity contribution in [1.82, 2.24) is 0 Å². The van der Waals surface area contributed by atoms with Crippen LogP contribution < -0.4 is 5.73 Å². The first-order valence-electron chi connectivity index (χ1n) is 5.14. The molecule has 0 radical (unpaired) electrons. The third kappa shape index (κ3) is 8.41. The van der Waals surface area contributed by atoms with Crippen LogP contribution >= 0.6 is 11.8 Å². The first-order chi connectivity index (χ1) is 5.81. The lowest BCUT2D eigenvalue weighted by molar-refractivity contribution is 0.579. The van der Waals surface area contributed by atoms with Crippen molar-refractivity contribution in [2.75, 3.05) is 11.5 Å². The van der Waals surface area contributed by atoms with E-state index in [2.05, 4.69) is 13.8 Å². The van der Waals surface area contributed by atoms with Gasteiger partial charge in [0.15, 0.2) is 0 Å². The van der Waals surface area contributed by atoms with Gasteiger partial charge in [0.25, 0.3) is 0 Å². The number of hydrogen-bond donors (Lipinski definition) is 1. The van der Waals surface area contributed by atoms with Crippen LogP contribution in [0.25, 0.3) is 0 Å². The average Bonchev–Trinajstić information content (AvgIpc) is 2.09. The zero-order chi connectivity index (χ0) is 9.23. The molecule has 0 spiro atoms. The van der Waals surface area contributed by atoms with Crippen LogP contribution in [-0.4, -0.2) is 17.5 Å². The monoisotopic (exact) mass is 189 g/mol. The van der Waals surface area contributed by atoms with Gasteiger partial charge in [-0.1, -0.05) is 39.5 Å². The molecular weight excluding hydrogens is 166 g/mol. The smallest absolute Gasteiger partial charge is 0.0130 e. The minimum absolute atomic E-state index is 0.437. The van der Waals surface area contributed by atoms with Crippen molar-refractivity contribution >= 4 is 11.8 Å². The molecule has 1 unspecified atom stereocenters. The van der Waals surface area contributed by atoms with Gasteiger partial charge >= 0.3 is 0 Å². The molecule has 0 saturated carbocycles. The third-order valence-corrected chi connectivity index (χ3v) is 3.04. The second-order valence-electron chi connectivity index (χ2n) is 3.27. The minimum Gasteiger partial charge on any atom is -0.327 e. The largest absolute Gasteiger partial charge is 0.327 e. The summed E-state index contributed by atoms with van der Waals surface area (Å²) in [5.74, 6) is 2.34. The van der Waals surface area contributed by atoms with Crippen molar-refractivity contribution in [3.05, 3.63) is 0 Å². The molecule has 0 aliphatic carbocycles. The van der Waals surface area contributed by atoms with Crippen molar-refractivity contribution in [3.63, 3.8) is 0 Å². The molecule has 2 N–H and O–H groups in total. The first-order valence-corrected chi connectivity index (χ1v) is 6.30. The quantitative estimate of drug-likeness (QED) is 0.594. The van der Waals surface area contributed by atoms with E-state index in [0.717, 1.165) is 5.75 Å². The molecule has 1 atom stereocenters. The standard InChI is InChI=1S/C10H23NS/c1-3-5-6-7-8-10(11)9-12-4-2/h10H,3-9,11H2,1-2H3. The van der Waals surface area contributed by atoms with E-state index < -0.39 is 0 Å². The summed E-state index contributed by atoms with van der Waals surface area (Å²) < 4.78 is 0. The van der Waals surface area contributed by atoms with Crippen LogP contribution in [-0.2, 0) is 0 Å². The van der Waals surface area contributed by atoms with E-state index in [1.807, 2.05) is 11.8 Å². The molecular formula is C10H23NS. The molecule has 12 heavy (non-hydrogen) atoms. The molecule has 0 saturated heterocycles. The SMILES string of the molecule is CCCCCCC(N)CSCC. The summed E-state index contributed by atoms with van der Waals surface area (Å²) in [6.07, 6.45) is 6.58. The van der Waals surface area contributed by atoms with Crippen LogP contribution in [0.15, 0.2) is 0 Å². The van der Waals surface area contributed by atoms with Crippen LogP contribution in [0.3, 0.4) is 0 Å². The van der Waals surface area contributed by atoms with Crippen LogP contribution in [0.4, 0.5) is 0 Å². The molecule has 74 valence electrons. The second-order valence-corrected chi connectivity index (χ2v) is 4.59. The van der Waals surface area contributed by atoms with Crippen LogP contribution in [0.2, 0.25) is 0 Å². The molecule has 0 aliphatic rings. The van der Waals surface area contributed by atoms with Gasteiger partial charge in [0.2, 0.25) is 0 Å². The Morgan fingerprint density at radius 1 is 1.17 bits per heavy atom. The predicted molar refractivity (Wildman–Crippen MR) is 59.7 cm³/mol. The highest BCUT2D eigenvalue weighted by molar-refractivity contribution is 7.99. The molecule has 2 heteroatoms. The Balaban J connectivity index is 3.02. The van der Waals surface area contributed by atoms with E-state index in [4.69, 9.17) is 5.73 Å². The van der Waals surface area contributed by atoms with Crippen molar-refractivity contribution in [2.24, 2.45) is 5.73 Å². The third-order valence-electron chi connectivity index (χ3n) is 1.96. The summed E-state index contributed by atoms with van der Waals surface area (Å²) in [7, 11) is 0. The highest BCUT2D eigenvalue weighted by Gasteiger charge is 2.00. The minimum atomic E-state index is 0.437. The number of thioether (sulfide) groups is 1. The molecule has 0 rings (SSSR count). The maximum atomic E-state index is 5.92. The molecule has 0 aromatic carbocycles. The van der Waals surface area contributed by atoms with Gasteiger partial charge in [-0.2, -0.15) is 11.8 Å². The number of nitrogens with two attached hydrogens (primary N) is 1. The number of hydrogen-bond acceptors (Lipinski definition) is 2. The van der Waals surface area contributed by atoms with Crippen molar-refractivity contribution in [2.45, 2.75) is 52.0 Å². The molecule has 0 aliphatic heterocycles. The molecule has 0 fully saturated rings. The van der Waals surface area contributed by atoms with Gasteiger partial charge in [0, 0.05) is 11.8 Å². The number of unbranched alkanes of at least 4 members (excludes halogenated alkanes) is 3. The van der Waals surface area contributed by atoms with Crippen molar-refractivity contribution in [1.29, 1.82) is 0 Å². The lowest BCUT2D eigenvalue weighted by Gasteiger charge is -2.09. The second kappa shape index (κ2) is 9.40. The van der Waals surface area contributed by atoms with Gasteiger partial charge in [0.1, 0.15) is 0 Å². The van der Waals surface area contributed by atoms with E-state index in [-0.39, 0.29) is 0 Å². The van der Waals surface area contributed by atoms with E-state index >= 15 is 0 Å². The van der Waals surface area contributed by atoms with Crippen molar-refractivity contribution < 1.29 is 0 Å². The summed E-state index contributed by atoms with van der Waals surface area (Å²) in [5, 5.41) is 0. The van der Waals surface area contributed by atoms with Gasteiger partial charge in [-0.05, 0) is 12.2 Å². The van der Waals surface area contributed by atoms with E-state index in [0.29, 0.717) is 6.04 Å². The van der Waals surface area contributed by atoms with E-state index in [1.165, 1.54) is 37.9 Å². The van der Waals surface area contributed by atoms with Gasteiger partial charge in [-0.25, -0.2) is 0 Å². The highest BCUT2D eigenvalue weighted by atomic mass is 32.2. The molecule has 1 nitrogen and oxygen atoms in total. The Bertz CT molecular complexity index is 85.9. The molecule has 0 aromatic heterocycles. The van der Waals surface area contributed by atoms with Crippen molar-refractivity contribution in [3.8, 4) is 0 Å². The van der Waals surface area contributed by atoms with Gasteiger partial charge < -0.3 is 5.73 Å². The zero-order valence-corrected chi connectivity index (χ0v) is 9.33. The normalized spacial score (nSPS) is 13.2. The molecule has 0 amide bonds. The fourth-order valence-corrected chi connectivity index (χ4v) is 1.89. The maximum Gasteiger partial charge on any atom is 0.0130 e. The zero-order valence-electron chi connectivity index (χ0n) is 8.51. The van der Waals surface area contributed by atoms with Crippen LogP contribution in [0, 0.1) is 0 Å². The van der Waals surface area contributed by atoms with Crippen LogP contribution in [0.5, 0.6) is 0 Å². The van der Waals surface area contributed by atoms with Gasteiger partial charge in [0.05, 0.1) is 0 Å². The Morgan fingerprint density at radius 2 is 1.92 bits per heavy atom. The molecule has 0 heterocycles. The average molecular weight is 189 g/mol. The van der Waals surface area contributed by atoms with E-state index in [1.54, 1.807) is 0 Å². The predicted octanol–water partition coefficient (Wildman–Crippen LogP) is 3.04. The summed E-state index contributed by atoms with van der Waals surface area (Å²) in [6.45, 7) is 4.43.